The topological polar surface area (TPSA) is 49.8 Å². The zero-order valence-corrected chi connectivity index (χ0v) is 14.8. The smallest absolute Gasteiger partial charge is 0.354 e. The van der Waals surface area contributed by atoms with Gasteiger partial charge >= 0.3 is 6.18 Å². The zero-order chi connectivity index (χ0) is 19.3. The van der Waals surface area contributed by atoms with E-state index in [0.29, 0.717) is 23.9 Å². The number of anilines is 3. The van der Waals surface area contributed by atoms with Crippen LogP contribution in [0.15, 0.2) is 60.8 Å². The molecule has 4 nitrogen and oxygen atoms in total. The Labute approximate surface area is 159 Å². The van der Waals surface area contributed by atoms with Gasteiger partial charge in [0.05, 0.1) is 11.3 Å². The van der Waals surface area contributed by atoms with Crippen molar-refractivity contribution in [2.75, 3.05) is 17.2 Å². The number of alkyl halides is 3. The van der Waals surface area contributed by atoms with Gasteiger partial charge in [-0.3, -0.25) is 0 Å². The molecule has 0 aliphatic rings. The summed E-state index contributed by atoms with van der Waals surface area (Å²) in [6.07, 6.45) is -2.26. The molecule has 140 valence electrons. The zero-order valence-electron chi connectivity index (χ0n) is 14.1. The van der Waals surface area contributed by atoms with Crippen molar-refractivity contribution >= 4 is 29.1 Å². The van der Waals surface area contributed by atoms with E-state index in [0.717, 1.165) is 11.6 Å². The van der Waals surface area contributed by atoms with E-state index in [-0.39, 0.29) is 11.5 Å². The third-order valence-electron chi connectivity index (χ3n) is 3.74. The summed E-state index contributed by atoms with van der Waals surface area (Å²) in [5, 5.41) is 6.43. The number of benzene rings is 2. The molecule has 0 amide bonds. The molecule has 2 N–H and O–H groups in total. The van der Waals surface area contributed by atoms with Gasteiger partial charge in [0.15, 0.2) is 0 Å². The molecule has 0 fully saturated rings. The van der Waals surface area contributed by atoms with Crippen LogP contribution < -0.4 is 10.6 Å². The number of halogens is 4. The molecule has 3 aromatic rings. The third-order valence-corrected chi connectivity index (χ3v) is 3.97. The standard InChI is InChI=1S/C19H16ClF3N4/c20-14-5-3-4-13(12-14)8-10-24-18-25-11-9-17(27-18)26-16-7-2-1-6-15(16)19(21,22)23/h1-7,9,11-12H,8,10H2,(H2,24,25,26,27). The van der Waals surface area contributed by atoms with E-state index in [2.05, 4.69) is 20.6 Å². The summed E-state index contributed by atoms with van der Waals surface area (Å²) in [7, 11) is 0. The SMILES string of the molecule is FC(F)(F)c1ccccc1Nc1ccnc(NCCc2cccc(Cl)c2)n1. The minimum atomic E-state index is -4.45. The summed E-state index contributed by atoms with van der Waals surface area (Å²) in [5.41, 5.74) is 0.246. The van der Waals surface area contributed by atoms with Crippen molar-refractivity contribution in [1.29, 1.82) is 0 Å². The summed E-state index contributed by atoms with van der Waals surface area (Å²) in [6.45, 7) is 0.558. The van der Waals surface area contributed by atoms with E-state index in [1.807, 2.05) is 18.2 Å². The van der Waals surface area contributed by atoms with Crippen molar-refractivity contribution in [3.8, 4) is 0 Å². The van der Waals surface area contributed by atoms with Gasteiger partial charge in [-0.15, -0.1) is 0 Å². The number of nitrogens with one attached hydrogen (secondary N) is 2. The number of rotatable bonds is 6. The molecule has 0 atom stereocenters. The Balaban J connectivity index is 1.66. The first-order chi connectivity index (χ1) is 12.9. The van der Waals surface area contributed by atoms with Gasteiger partial charge < -0.3 is 10.6 Å². The molecule has 1 aromatic heterocycles. The third kappa shape index (κ3) is 5.34. The van der Waals surface area contributed by atoms with Gasteiger partial charge in [0.2, 0.25) is 5.95 Å². The van der Waals surface area contributed by atoms with Crippen LogP contribution in [0.25, 0.3) is 0 Å². The lowest BCUT2D eigenvalue weighted by atomic mass is 10.1. The molecule has 0 aliphatic carbocycles. The largest absolute Gasteiger partial charge is 0.418 e. The van der Waals surface area contributed by atoms with Crippen LogP contribution >= 0.6 is 11.6 Å². The highest BCUT2D eigenvalue weighted by Gasteiger charge is 2.33. The van der Waals surface area contributed by atoms with Crippen molar-refractivity contribution in [2.24, 2.45) is 0 Å². The fraction of sp³-hybridized carbons (Fsp3) is 0.158. The minimum Gasteiger partial charge on any atom is -0.354 e. The molecule has 0 aliphatic heterocycles. The van der Waals surface area contributed by atoms with Gasteiger partial charge in [-0.2, -0.15) is 18.2 Å². The van der Waals surface area contributed by atoms with Crippen LogP contribution in [0.1, 0.15) is 11.1 Å². The average Bonchev–Trinajstić information content (AvgIpc) is 2.62. The second-order valence-corrected chi connectivity index (χ2v) is 6.18. The van der Waals surface area contributed by atoms with Crippen LogP contribution in [0.3, 0.4) is 0 Å². The Hall–Kier alpha value is -2.80. The minimum absolute atomic E-state index is 0.0615. The monoisotopic (exact) mass is 392 g/mol. The molecule has 0 saturated heterocycles. The lowest BCUT2D eigenvalue weighted by molar-refractivity contribution is -0.136. The molecule has 3 rings (SSSR count). The predicted octanol–water partition coefficient (Wildman–Crippen LogP) is 5.55. The second kappa shape index (κ2) is 8.26. The first kappa shape index (κ1) is 19.0. The van der Waals surface area contributed by atoms with Gasteiger partial charge in [0.25, 0.3) is 0 Å². The van der Waals surface area contributed by atoms with Crippen molar-refractivity contribution in [1.82, 2.24) is 9.97 Å². The molecular formula is C19H16ClF3N4. The van der Waals surface area contributed by atoms with Gasteiger partial charge in [-0.1, -0.05) is 35.9 Å². The Kier molecular flexibility index (Phi) is 5.81. The Morgan fingerprint density at radius 2 is 1.81 bits per heavy atom. The van der Waals surface area contributed by atoms with E-state index in [1.54, 1.807) is 6.07 Å². The fourth-order valence-corrected chi connectivity index (χ4v) is 2.71. The predicted molar refractivity (Wildman–Crippen MR) is 100 cm³/mol. The maximum absolute atomic E-state index is 13.1. The van der Waals surface area contributed by atoms with E-state index < -0.39 is 11.7 Å². The molecule has 8 heteroatoms. The van der Waals surface area contributed by atoms with Crippen molar-refractivity contribution < 1.29 is 13.2 Å². The van der Waals surface area contributed by atoms with E-state index in [1.165, 1.54) is 30.5 Å². The van der Waals surface area contributed by atoms with Crippen LogP contribution in [-0.4, -0.2) is 16.5 Å². The first-order valence-corrected chi connectivity index (χ1v) is 8.54. The molecule has 0 unspecified atom stereocenters. The van der Waals surface area contributed by atoms with Crippen molar-refractivity contribution in [3.05, 3.63) is 76.9 Å². The van der Waals surface area contributed by atoms with Crippen LogP contribution in [0.2, 0.25) is 5.02 Å². The van der Waals surface area contributed by atoms with Crippen LogP contribution in [0, 0.1) is 0 Å². The van der Waals surface area contributed by atoms with Crippen molar-refractivity contribution in [2.45, 2.75) is 12.6 Å². The van der Waals surface area contributed by atoms with Crippen LogP contribution in [0.4, 0.5) is 30.6 Å². The number of hydrogen-bond donors (Lipinski definition) is 2. The van der Waals surface area contributed by atoms with E-state index in [4.69, 9.17) is 11.6 Å². The summed E-state index contributed by atoms with van der Waals surface area (Å²) < 4.78 is 39.3. The molecular weight excluding hydrogens is 377 g/mol. The number of hydrogen-bond acceptors (Lipinski definition) is 4. The molecule has 0 radical (unpaired) electrons. The average molecular weight is 393 g/mol. The molecule has 2 aromatic carbocycles. The lowest BCUT2D eigenvalue weighted by Gasteiger charge is -2.14. The van der Waals surface area contributed by atoms with Gasteiger partial charge in [0.1, 0.15) is 5.82 Å². The molecule has 0 bridgehead atoms. The van der Waals surface area contributed by atoms with Crippen LogP contribution in [0.5, 0.6) is 0 Å². The molecule has 1 heterocycles. The highest BCUT2D eigenvalue weighted by Crippen LogP contribution is 2.35. The second-order valence-electron chi connectivity index (χ2n) is 5.74. The summed E-state index contributed by atoms with van der Waals surface area (Å²) in [4.78, 5) is 8.30. The lowest BCUT2D eigenvalue weighted by Crippen LogP contribution is -2.11. The number of aromatic nitrogens is 2. The fourth-order valence-electron chi connectivity index (χ4n) is 2.50. The number of nitrogens with zero attached hydrogens (tertiary/aromatic N) is 2. The van der Waals surface area contributed by atoms with Gasteiger partial charge in [-0.25, -0.2) is 4.98 Å². The normalized spacial score (nSPS) is 11.3. The van der Waals surface area contributed by atoms with Crippen molar-refractivity contribution in [3.63, 3.8) is 0 Å². The molecule has 0 saturated carbocycles. The van der Waals surface area contributed by atoms with E-state index >= 15 is 0 Å². The Bertz CT molecular complexity index is 915. The first-order valence-electron chi connectivity index (χ1n) is 8.16. The summed E-state index contributed by atoms with van der Waals surface area (Å²) in [5.74, 6) is 0.596. The van der Waals surface area contributed by atoms with Gasteiger partial charge in [-0.05, 0) is 42.3 Å². The highest BCUT2D eigenvalue weighted by atomic mass is 35.5. The number of para-hydroxylation sites is 1. The quantitative estimate of drug-likeness (QED) is 0.577. The summed E-state index contributed by atoms with van der Waals surface area (Å²) >= 11 is 5.95. The van der Waals surface area contributed by atoms with Crippen LogP contribution in [-0.2, 0) is 12.6 Å². The Morgan fingerprint density at radius 1 is 1.00 bits per heavy atom. The van der Waals surface area contributed by atoms with E-state index in [9.17, 15) is 13.2 Å². The molecule has 27 heavy (non-hydrogen) atoms. The Morgan fingerprint density at radius 3 is 2.59 bits per heavy atom. The maximum Gasteiger partial charge on any atom is 0.418 e. The highest BCUT2D eigenvalue weighted by molar-refractivity contribution is 6.30. The summed E-state index contributed by atoms with van der Waals surface area (Å²) in [6, 6.07) is 14.3. The molecule has 0 spiro atoms. The van der Waals surface area contributed by atoms with Gasteiger partial charge in [0, 0.05) is 17.8 Å². The maximum atomic E-state index is 13.1.